The van der Waals surface area contributed by atoms with Crippen LogP contribution in [-0.4, -0.2) is 28.9 Å². The molecule has 1 aromatic heterocycles. The van der Waals surface area contributed by atoms with Gasteiger partial charge in [-0.25, -0.2) is 9.18 Å². The maximum Gasteiger partial charge on any atom is 0.350 e. The summed E-state index contributed by atoms with van der Waals surface area (Å²) in [5.41, 5.74) is 6.14. The SMILES string of the molecule is Cc1c(N2CCC(CN)C2)c(F)cc2c(=O)n(N)c(=O)n(C3CC3)c12. The first-order valence-electron chi connectivity index (χ1n) is 8.64. The van der Waals surface area contributed by atoms with Gasteiger partial charge >= 0.3 is 5.69 Å². The quantitative estimate of drug-likeness (QED) is 0.785. The van der Waals surface area contributed by atoms with Crippen LogP contribution in [0.4, 0.5) is 10.1 Å². The lowest BCUT2D eigenvalue weighted by molar-refractivity contribution is 0.596. The predicted octanol–water partition coefficient (Wildman–Crippen LogP) is 0.444. The first kappa shape index (κ1) is 16.1. The summed E-state index contributed by atoms with van der Waals surface area (Å²) in [5, 5.41) is 0.155. The Bertz CT molecular complexity index is 976. The Balaban J connectivity index is 2.01. The van der Waals surface area contributed by atoms with Gasteiger partial charge in [0.15, 0.2) is 0 Å². The molecule has 7 nitrogen and oxygen atoms in total. The van der Waals surface area contributed by atoms with E-state index < -0.39 is 17.1 Å². The topological polar surface area (TPSA) is 99.3 Å². The van der Waals surface area contributed by atoms with Crippen molar-refractivity contribution in [3.63, 3.8) is 0 Å². The maximum absolute atomic E-state index is 14.9. The molecule has 1 aliphatic heterocycles. The van der Waals surface area contributed by atoms with E-state index in [1.165, 1.54) is 6.07 Å². The van der Waals surface area contributed by atoms with Crippen LogP contribution in [0.5, 0.6) is 0 Å². The zero-order valence-electron chi connectivity index (χ0n) is 14.2. The van der Waals surface area contributed by atoms with Gasteiger partial charge in [0.2, 0.25) is 0 Å². The van der Waals surface area contributed by atoms with E-state index in [0.29, 0.717) is 47.0 Å². The predicted molar refractivity (Wildman–Crippen MR) is 95.0 cm³/mol. The molecule has 2 fully saturated rings. The Morgan fingerprint density at radius 2 is 2.00 bits per heavy atom. The fraction of sp³-hybridized carbons (Fsp3) is 0.529. The molecule has 0 amide bonds. The number of nitrogens with zero attached hydrogens (tertiary/aromatic N) is 3. The Labute approximate surface area is 143 Å². The van der Waals surface area contributed by atoms with Gasteiger partial charge in [0.1, 0.15) is 5.82 Å². The number of hydrogen-bond acceptors (Lipinski definition) is 5. The second kappa shape index (κ2) is 5.59. The van der Waals surface area contributed by atoms with Crippen LogP contribution in [0.1, 0.15) is 30.9 Å². The fourth-order valence-corrected chi connectivity index (χ4v) is 3.95. The molecule has 134 valence electrons. The van der Waals surface area contributed by atoms with Crippen molar-refractivity contribution in [2.75, 3.05) is 30.4 Å². The molecule has 1 atom stereocenters. The summed E-state index contributed by atoms with van der Waals surface area (Å²) in [5.74, 6) is 5.51. The minimum Gasteiger partial charge on any atom is -0.369 e. The molecule has 25 heavy (non-hydrogen) atoms. The highest BCUT2D eigenvalue weighted by Crippen LogP contribution is 2.39. The lowest BCUT2D eigenvalue weighted by atomic mass is 10.1. The van der Waals surface area contributed by atoms with Gasteiger partial charge in [-0.1, -0.05) is 0 Å². The van der Waals surface area contributed by atoms with Crippen LogP contribution < -0.4 is 27.7 Å². The number of benzene rings is 1. The van der Waals surface area contributed by atoms with Crippen LogP contribution in [0.3, 0.4) is 0 Å². The third-order valence-corrected chi connectivity index (χ3v) is 5.41. The van der Waals surface area contributed by atoms with E-state index in [1.807, 2.05) is 4.90 Å². The highest BCUT2D eigenvalue weighted by molar-refractivity contribution is 5.87. The summed E-state index contributed by atoms with van der Waals surface area (Å²) >= 11 is 0. The van der Waals surface area contributed by atoms with Crippen LogP contribution in [0.15, 0.2) is 15.7 Å². The first-order valence-corrected chi connectivity index (χ1v) is 8.64. The van der Waals surface area contributed by atoms with E-state index in [-0.39, 0.29) is 11.4 Å². The zero-order chi connectivity index (χ0) is 17.9. The lowest BCUT2D eigenvalue weighted by Crippen LogP contribution is -2.44. The number of nitrogen functional groups attached to an aromatic ring is 1. The minimum absolute atomic E-state index is 0.0257. The molecule has 0 spiro atoms. The average Bonchev–Trinajstić information content (AvgIpc) is 3.31. The molecular formula is C17H22FN5O2. The monoisotopic (exact) mass is 347 g/mol. The van der Waals surface area contributed by atoms with Gasteiger partial charge in [0.25, 0.3) is 5.56 Å². The number of rotatable bonds is 3. The van der Waals surface area contributed by atoms with Crippen molar-refractivity contribution in [1.82, 2.24) is 9.24 Å². The van der Waals surface area contributed by atoms with E-state index in [1.54, 1.807) is 11.5 Å². The van der Waals surface area contributed by atoms with Crippen molar-refractivity contribution < 1.29 is 4.39 Å². The largest absolute Gasteiger partial charge is 0.369 e. The Kier molecular flexibility index (Phi) is 3.61. The molecule has 0 radical (unpaired) electrons. The number of aromatic nitrogens is 2. The second-order valence-electron chi connectivity index (χ2n) is 7.12. The maximum atomic E-state index is 14.9. The van der Waals surface area contributed by atoms with Crippen molar-refractivity contribution in [2.45, 2.75) is 32.2 Å². The number of fused-ring (bicyclic) bond motifs is 1. The van der Waals surface area contributed by atoms with Gasteiger partial charge in [-0.2, -0.15) is 4.68 Å². The molecular weight excluding hydrogens is 325 g/mol. The third-order valence-electron chi connectivity index (χ3n) is 5.41. The fourth-order valence-electron chi connectivity index (χ4n) is 3.95. The normalized spacial score (nSPS) is 20.6. The molecule has 2 heterocycles. The number of nitrogens with two attached hydrogens (primary N) is 2. The molecule has 1 saturated heterocycles. The number of hydrogen-bond donors (Lipinski definition) is 2. The Morgan fingerprint density at radius 3 is 2.60 bits per heavy atom. The summed E-state index contributed by atoms with van der Waals surface area (Å²) in [4.78, 5) is 26.9. The highest BCUT2D eigenvalue weighted by atomic mass is 19.1. The van der Waals surface area contributed by atoms with Gasteiger partial charge < -0.3 is 16.5 Å². The van der Waals surface area contributed by atoms with E-state index in [2.05, 4.69) is 0 Å². The molecule has 4 rings (SSSR count). The highest BCUT2D eigenvalue weighted by Gasteiger charge is 2.32. The van der Waals surface area contributed by atoms with Crippen molar-refractivity contribution in [2.24, 2.45) is 11.7 Å². The van der Waals surface area contributed by atoms with Crippen LogP contribution in [0, 0.1) is 18.7 Å². The van der Waals surface area contributed by atoms with Gasteiger partial charge in [0, 0.05) is 24.7 Å². The van der Waals surface area contributed by atoms with E-state index in [4.69, 9.17) is 11.6 Å². The number of aryl methyl sites for hydroxylation is 1. The van der Waals surface area contributed by atoms with Gasteiger partial charge in [-0.3, -0.25) is 9.36 Å². The number of anilines is 1. The molecule has 1 saturated carbocycles. The van der Waals surface area contributed by atoms with Crippen LogP contribution in [-0.2, 0) is 0 Å². The summed E-state index contributed by atoms with van der Waals surface area (Å²) in [6.07, 6.45) is 2.63. The van der Waals surface area contributed by atoms with E-state index in [9.17, 15) is 14.0 Å². The first-order chi connectivity index (χ1) is 11.9. The third kappa shape index (κ3) is 2.35. The van der Waals surface area contributed by atoms with Crippen LogP contribution in [0.25, 0.3) is 10.9 Å². The lowest BCUT2D eigenvalue weighted by Gasteiger charge is -2.24. The molecule has 2 aromatic rings. The summed E-state index contributed by atoms with van der Waals surface area (Å²) < 4.78 is 17.0. The van der Waals surface area contributed by atoms with Crippen LogP contribution in [0.2, 0.25) is 0 Å². The zero-order valence-corrected chi connectivity index (χ0v) is 14.2. The Hall–Kier alpha value is -2.35. The summed E-state index contributed by atoms with van der Waals surface area (Å²) in [7, 11) is 0. The molecule has 1 aliphatic carbocycles. The standard InChI is InChI=1S/C17H22FN5O2/c1-9-14-12(16(24)23(20)17(25)22(14)11-2-3-11)6-13(18)15(9)21-5-4-10(7-19)8-21/h6,10-11H,2-5,7-8,19-20H2,1H3. The van der Waals surface area contributed by atoms with Crippen LogP contribution >= 0.6 is 0 Å². The number of halogens is 1. The molecule has 4 N–H and O–H groups in total. The van der Waals surface area contributed by atoms with Gasteiger partial charge in [0.05, 0.1) is 16.6 Å². The Morgan fingerprint density at radius 1 is 1.28 bits per heavy atom. The summed E-state index contributed by atoms with van der Waals surface area (Å²) in [6, 6.07) is 1.25. The van der Waals surface area contributed by atoms with Crippen molar-refractivity contribution >= 4 is 16.6 Å². The smallest absolute Gasteiger partial charge is 0.350 e. The van der Waals surface area contributed by atoms with Gasteiger partial charge in [-0.05, 0) is 44.7 Å². The molecule has 2 aliphatic rings. The van der Waals surface area contributed by atoms with Crippen molar-refractivity contribution in [1.29, 1.82) is 0 Å². The van der Waals surface area contributed by atoms with E-state index in [0.717, 1.165) is 19.3 Å². The molecule has 1 aromatic carbocycles. The van der Waals surface area contributed by atoms with Gasteiger partial charge in [-0.15, -0.1) is 0 Å². The minimum atomic E-state index is -0.660. The molecule has 8 heteroatoms. The molecule has 0 bridgehead atoms. The van der Waals surface area contributed by atoms with E-state index >= 15 is 0 Å². The van der Waals surface area contributed by atoms with Crippen molar-refractivity contribution in [3.05, 3.63) is 38.3 Å². The average molecular weight is 347 g/mol. The van der Waals surface area contributed by atoms with Crippen molar-refractivity contribution in [3.8, 4) is 0 Å². The second-order valence-corrected chi connectivity index (χ2v) is 7.12. The summed E-state index contributed by atoms with van der Waals surface area (Å²) in [6.45, 7) is 3.73. The molecule has 1 unspecified atom stereocenters.